The van der Waals surface area contributed by atoms with Gasteiger partial charge in [-0.25, -0.2) is 0 Å². The molecule has 0 saturated carbocycles. The normalized spacial score (nSPS) is 21.0. The molecule has 5 nitrogen and oxygen atoms in total. The third-order valence-corrected chi connectivity index (χ3v) is 4.03. The topological polar surface area (TPSA) is 70.2 Å². The van der Waals surface area contributed by atoms with Gasteiger partial charge in [-0.3, -0.25) is 9.59 Å². The van der Waals surface area contributed by atoms with Crippen LogP contribution in [0.3, 0.4) is 0 Å². The van der Waals surface area contributed by atoms with Gasteiger partial charge in [-0.1, -0.05) is 13.8 Å². The number of nitrogens with one attached hydrogen (secondary N) is 3. The van der Waals surface area contributed by atoms with E-state index in [-0.39, 0.29) is 11.8 Å². The molecule has 1 aromatic carbocycles. The largest absolute Gasteiger partial charge is 0.326 e. The third kappa shape index (κ3) is 3.61. The highest BCUT2D eigenvalue weighted by molar-refractivity contribution is 5.98. The molecule has 1 aliphatic heterocycles. The average molecular weight is 289 g/mol. The predicted molar refractivity (Wildman–Crippen MR) is 84.3 cm³/mol. The van der Waals surface area contributed by atoms with Crippen molar-refractivity contribution in [3.63, 3.8) is 0 Å². The highest BCUT2D eigenvalue weighted by Crippen LogP contribution is 2.25. The maximum absolute atomic E-state index is 12.4. The van der Waals surface area contributed by atoms with Crippen molar-refractivity contribution in [3.05, 3.63) is 24.3 Å². The van der Waals surface area contributed by atoms with E-state index in [4.69, 9.17) is 0 Å². The lowest BCUT2D eigenvalue weighted by atomic mass is 9.93. The SMILES string of the molecule is CCC(=O)Nc1ccc(NC(=O)C2(CC)CCCN2)cc1. The fourth-order valence-electron chi connectivity index (χ4n) is 2.60. The molecule has 1 aromatic rings. The molecular formula is C16H23N3O2. The van der Waals surface area contributed by atoms with Gasteiger partial charge in [0.25, 0.3) is 0 Å². The Morgan fingerprint density at radius 2 is 1.76 bits per heavy atom. The standard InChI is InChI=1S/C16H23N3O2/c1-3-14(20)18-12-6-8-13(9-7-12)19-15(21)16(4-2)10-5-11-17-16/h6-9,17H,3-5,10-11H2,1-2H3,(H,18,20)(H,19,21). The molecule has 1 saturated heterocycles. The molecular weight excluding hydrogens is 266 g/mol. The second-order valence-corrected chi connectivity index (χ2v) is 5.40. The molecule has 1 unspecified atom stereocenters. The minimum atomic E-state index is -0.435. The molecule has 1 heterocycles. The van der Waals surface area contributed by atoms with E-state index in [1.165, 1.54) is 0 Å². The Hall–Kier alpha value is -1.88. The van der Waals surface area contributed by atoms with Crippen LogP contribution >= 0.6 is 0 Å². The van der Waals surface area contributed by atoms with E-state index < -0.39 is 5.54 Å². The lowest BCUT2D eigenvalue weighted by Crippen LogP contribution is -2.50. The molecule has 0 aliphatic carbocycles. The molecule has 3 N–H and O–H groups in total. The first-order chi connectivity index (χ1) is 10.1. The summed E-state index contributed by atoms with van der Waals surface area (Å²) < 4.78 is 0. The molecule has 2 rings (SSSR count). The second kappa shape index (κ2) is 6.72. The van der Waals surface area contributed by atoms with E-state index in [1.807, 2.05) is 26.0 Å². The summed E-state index contributed by atoms with van der Waals surface area (Å²) in [5.41, 5.74) is 1.05. The van der Waals surface area contributed by atoms with Gasteiger partial charge in [0.2, 0.25) is 11.8 Å². The first-order valence-corrected chi connectivity index (χ1v) is 7.56. The molecule has 5 heteroatoms. The van der Waals surface area contributed by atoms with Gasteiger partial charge in [0.15, 0.2) is 0 Å². The minimum Gasteiger partial charge on any atom is -0.326 e. The number of anilines is 2. The van der Waals surface area contributed by atoms with Crippen LogP contribution in [0.5, 0.6) is 0 Å². The number of rotatable bonds is 5. The van der Waals surface area contributed by atoms with Crippen LogP contribution in [0.1, 0.15) is 39.5 Å². The molecule has 0 spiro atoms. The number of carbonyl (C=O) groups excluding carboxylic acids is 2. The van der Waals surface area contributed by atoms with Crippen molar-refractivity contribution in [2.24, 2.45) is 0 Å². The number of carbonyl (C=O) groups is 2. The molecule has 1 fully saturated rings. The van der Waals surface area contributed by atoms with Crippen LogP contribution in [-0.2, 0) is 9.59 Å². The maximum atomic E-state index is 12.4. The van der Waals surface area contributed by atoms with E-state index in [1.54, 1.807) is 12.1 Å². The van der Waals surface area contributed by atoms with Gasteiger partial charge in [-0.05, 0) is 50.1 Å². The first kappa shape index (κ1) is 15.5. The quantitative estimate of drug-likeness (QED) is 0.780. The highest BCUT2D eigenvalue weighted by Gasteiger charge is 2.38. The summed E-state index contributed by atoms with van der Waals surface area (Å²) in [6.45, 7) is 4.73. The van der Waals surface area contributed by atoms with Crippen molar-refractivity contribution in [2.75, 3.05) is 17.2 Å². The van der Waals surface area contributed by atoms with Crippen LogP contribution < -0.4 is 16.0 Å². The number of hydrogen-bond acceptors (Lipinski definition) is 3. The number of hydrogen-bond donors (Lipinski definition) is 3. The van der Waals surface area contributed by atoms with Gasteiger partial charge in [0.05, 0.1) is 5.54 Å². The van der Waals surface area contributed by atoms with Crippen LogP contribution in [-0.4, -0.2) is 23.9 Å². The summed E-state index contributed by atoms with van der Waals surface area (Å²) >= 11 is 0. The van der Waals surface area contributed by atoms with Crippen molar-refractivity contribution < 1.29 is 9.59 Å². The third-order valence-electron chi connectivity index (χ3n) is 4.03. The monoisotopic (exact) mass is 289 g/mol. The van der Waals surface area contributed by atoms with E-state index in [0.717, 1.165) is 37.2 Å². The lowest BCUT2D eigenvalue weighted by molar-refractivity contribution is -0.122. The fourth-order valence-corrected chi connectivity index (χ4v) is 2.60. The van der Waals surface area contributed by atoms with Crippen LogP contribution in [0.4, 0.5) is 11.4 Å². The maximum Gasteiger partial charge on any atom is 0.244 e. The average Bonchev–Trinajstić information content (AvgIpc) is 2.99. The van der Waals surface area contributed by atoms with Crippen molar-refractivity contribution >= 4 is 23.2 Å². The highest BCUT2D eigenvalue weighted by atomic mass is 16.2. The molecule has 2 amide bonds. The second-order valence-electron chi connectivity index (χ2n) is 5.40. The van der Waals surface area contributed by atoms with Crippen LogP contribution in [0.25, 0.3) is 0 Å². The Labute approximate surface area is 125 Å². The Bertz CT molecular complexity index is 505. The summed E-state index contributed by atoms with van der Waals surface area (Å²) in [7, 11) is 0. The van der Waals surface area contributed by atoms with Gasteiger partial charge in [-0.15, -0.1) is 0 Å². The fraction of sp³-hybridized carbons (Fsp3) is 0.500. The summed E-state index contributed by atoms with van der Waals surface area (Å²) in [4.78, 5) is 23.7. The Morgan fingerprint density at radius 1 is 1.14 bits per heavy atom. The Morgan fingerprint density at radius 3 is 2.24 bits per heavy atom. The van der Waals surface area contributed by atoms with Crippen LogP contribution in [0, 0.1) is 0 Å². The molecule has 1 aliphatic rings. The van der Waals surface area contributed by atoms with E-state index in [0.29, 0.717) is 6.42 Å². The summed E-state index contributed by atoms with van der Waals surface area (Å²) in [6.07, 6.45) is 3.13. The van der Waals surface area contributed by atoms with Crippen molar-refractivity contribution in [1.82, 2.24) is 5.32 Å². The van der Waals surface area contributed by atoms with E-state index >= 15 is 0 Å². The van der Waals surface area contributed by atoms with Crippen LogP contribution in [0.2, 0.25) is 0 Å². The summed E-state index contributed by atoms with van der Waals surface area (Å²) in [5, 5.41) is 9.05. The van der Waals surface area contributed by atoms with Gasteiger partial charge in [0, 0.05) is 17.8 Å². The zero-order valence-corrected chi connectivity index (χ0v) is 12.7. The van der Waals surface area contributed by atoms with Gasteiger partial charge in [0.1, 0.15) is 0 Å². The molecule has 0 aromatic heterocycles. The predicted octanol–water partition coefficient (Wildman–Crippen LogP) is 2.51. The molecule has 1 atom stereocenters. The van der Waals surface area contributed by atoms with Gasteiger partial charge < -0.3 is 16.0 Å². The Balaban J connectivity index is 1.99. The molecule has 0 radical (unpaired) electrons. The number of benzene rings is 1. The minimum absolute atomic E-state index is 0.0212. The molecule has 21 heavy (non-hydrogen) atoms. The lowest BCUT2D eigenvalue weighted by Gasteiger charge is -2.26. The first-order valence-electron chi connectivity index (χ1n) is 7.56. The molecule has 114 valence electrons. The van der Waals surface area contributed by atoms with Crippen molar-refractivity contribution in [3.8, 4) is 0 Å². The molecule has 0 bridgehead atoms. The summed E-state index contributed by atoms with van der Waals surface area (Å²) in [6, 6.07) is 7.21. The van der Waals surface area contributed by atoms with E-state index in [9.17, 15) is 9.59 Å². The Kier molecular flexibility index (Phi) is 4.96. The smallest absolute Gasteiger partial charge is 0.244 e. The summed E-state index contributed by atoms with van der Waals surface area (Å²) in [5.74, 6) is -0.000258. The van der Waals surface area contributed by atoms with Gasteiger partial charge >= 0.3 is 0 Å². The van der Waals surface area contributed by atoms with Gasteiger partial charge in [-0.2, -0.15) is 0 Å². The zero-order valence-electron chi connectivity index (χ0n) is 12.7. The number of amides is 2. The zero-order chi connectivity index (χ0) is 15.3. The van der Waals surface area contributed by atoms with Crippen molar-refractivity contribution in [2.45, 2.75) is 45.1 Å². The van der Waals surface area contributed by atoms with Crippen LogP contribution in [0.15, 0.2) is 24.3 Å². The van der Waals surface area contributed by atoms with Crippen molar-refractivity contribution in [1.29, 1.82) is 0 Å². The van der Waals surface area contributed by atoms with E-state index in [2.05, 4.69) is 16.0 Å².